The van der Waals surface area contributed by atoms with Crippen molar-refractivity contribution in [2.24, 2.45) is 0 Å². The third-order valence-electron chi connectivity index (χ3n) is 3.04. The molecule has 0 aliphatic rings. The summed E-state index contributed by atoms with van der Waals surface area (Å²) in [7, 11) is 0. The topological polar surface area (TPSA) is 63.8 Å². The van der Waals surface area contributed by atoms with Gasteiger partial charge in [0.05, 0.1) is 17.5 Å². The molecule has 0 saturated heterocycles. The number of carbonyl (C=O) groups is 1. The number of fused-ring (bicyclic) bond motifs is 1. The molecule has 3 rings (SSSR count). The van der Waals surface area contributed by atoms with Gasteiger partial charge in [-0.1, -0.05) is 0 Å². The zero-order valence-electron chi connectivity index (χ0n) is 10.9. The van der Waals surface area contributed by atoms with Gasteiger partial charge in [0.15, 0.2) is 0 Å². The van der Waals surface area contributed by atoms with E-state index in [4.69, 9.17) is 9.84 Å². The van der Waals surface area contributed by atoms with Crippen LogP contribution in [0.25, 0.3) is 5.65 Å². The zero-order chi connectivity index (χ0) is 14.8. The van der Waals surface area contributed by atoms with Crippen LogP contribution in [0.5, 0.6) is 5.75 Å². The van der Waals surface area contributed by atoms with Gasteiger partial charge in [0, 0.05) is 6.20 Å². The van der Waals surface area contributed by atoms with Gasteiger partial charge >= 0.3 is 5.97 Å². The van der Waals surface area contributed by atoms with Crippen molar-refractivity contribution < 1.29 is 19.0 Å². The molecule has 0 unspecified atom stereocenters. The first kappa shape index (κ1) is 13.1. The molecule has 0 aliphatic heterocycles. The van der Waals surface area contributed by atoms with Gasteiger partial charge in [-0.15, -0.1) is 0 Å². The third kappa shape index (κ3) is 2.69. The van der Waals surface area contributed by atoms with Crippen LogP contribution in [0.2, 0.25) is 0 Å². The Morgan fingerprint density at radius 3 is 2.76 bits per heavy atom. The number of aromatic nitrogens is 2. The second-order valence-corrected chi connectivity index (χ2v) is 4.44. The van der Waals surface area contributed by atoms with Crippen molar-refractivity contribution in [2.75, 3.05) is 0 Å². The number of halogens is 1. The minimum atomic E-state index is -0.996. The molecule has 0 bridgehead atoms. The van der Waals surface area contributed by atoms with Crippen LogP contribution >= 0.6 is 0 Å². The maximum atomic E-state index is 12.8. The summed E-state index contributed by atoms with van der Waals surface area (Å²) in [6, 6.07) is 8.72. The van der Waals surface area contributed by atoms with Gasteiger partial charge in [0.2, 0.25) is 0 Å². The van der Waals surface area contributed by atoms with Crippen LogP contribution in [-0.2, 0) is 6.61 Å². The van der Waals surface area contributed by atoms with Crippen LogP contribution in [0.15, 0.2) is 48.8 Å². The van der Waals surface area contributed by atoms with Gasteiger partial charge < -0.3 is 14.2 Å². The van der Waals surface area contributed by atoms with Crippen molar-refractivity contribution in [2.45, 2.75) is 6.61 Å². The van der Waals surface area contributed by atoms with Gasteiger partial charge in [-0.3, -0.25) is 0 Å². The summed E-state index contributed by atoms with van der Waals surface area (Å²) < 4.78 is 20.1. The van der Waals surface area contributed by atoms with Gasteiger partial charge in [0.25, 0.3) is 0 Å². The van der Waals surface area contributed by atoms with Gasteiger partial charge in [-0.2, -0.15) is 0 Å². The number of carboxylic acid groups (broad SMARTS) is 1. The highest BCUT2D eigenvalue weighted by molar-refractivity contribution is 5.88. The lowest BCUT2D eigenvalue weighted by atomic mass is 10.3. The number of rotatable bonds is 4. The Balaban J connectivity index is 1.81. The van der Waals surface area contributed by atoms with Crippen LogP contribution in [-0.4, -0.2) is 20.5 Å². The molecule has 0 fully saturated rings. The van der Waals surface area contributed by atoms with Gasteiger partial charge in [-0.25, -0.2) is 14.2 Å². The third-order valence-corrected chi connectivity index (χ3v) is 3.04. The monoisotopic (exact) mass is 286 g/mol. The fourth-order valence-corrected chi connectivity index (χ4v) is 1.96. The average Bonchev–Trinajstić information content (AvgIpc) is 2.89. The molecule has 1 aromatic carbocycles. The summed E-state index contributed by atoms with van der Waals surface area (Å²) >= 11 is 0. The molecule has 1 N–H and O–H groups in total. The van der Waals surface area contributed by atoms with Crippen molar-refractivity contribution in [3.63, 3.8) is 0 Å². The number of pyridine rings is 1. The lowest BCUT2D eigenvalue weighted by Crippen LogP contribution is -2.01. The molecule has 0 saturated carbocycles. The molecule has 0 amide bonds. The zero-order valence-corrected chi connectivity index (χ0v) is 10.9. The first-order valence-electron chi connectivity index (χ1n) is 6.21. The number of hydrogen-bond donors (Lipinski definition) is 1. The summed E-state index contributed by atoms with van der Waals surface area (Å²) in [5, 5.41) is 8.93. The fraction of sp³-hybridized carbons (Fsp3) is 0.0667. The highest BCUT2D eigenvalue weighted by Crippen LogP contribution is 2.15. The molecule has 0 aliphatic carbocycles. The van der Waals surface area contributed by atoms with Crippen LogP contribution in [0, 0.1) is 5.82 Å². The molecular weight excluding hydrogens is 275 g/mol. The van der Waals surface area contributed by atoms with E-state index in [0.29, 0.717) is 11.4 Å². The van der Waals surface area contributed by atoms with Crippen molar-refractivity contribution in [3.8, 4) is 5.75 Å². The van der Waals surface area contributed by atoms with E-state index in [1.54, 1.807) is 28.9 Å². The minimum absolute atomic E-state index is 0.180. The van der Waals surface area contributed by atoms with Gasteiger partial charge in [0.1, 0.15) is 23.8 Å². The van der Waals surface area contributed by atoms with E-state index >= 15 is 0 Å². The average molecular weight is 286 g/mol. The van der Waals surface area contributed by atoms with Crippen LogP contribution in [0.4, 0.5) is 4.39 Å². The molecule has 2 heterocycles. The van der Waals surface area contributed by atoms with Crippen molar-refractivity contribution >= 4 is 11.6 Å². The highest BCUT2D eigenvalue weighted by Gasteiger charge is 2.08. The van der Waals surface area contributed by atoms with E-state index < -0.39 is 5.97 Å². The molecule has 21 heavy (non-hydrogen) atoms. The number of benzene rings is 1. The van der Waals surface area contributed by atoms with E-state index in [1.165, 1.54) is 24.3 Å². The second-order valence-electron chi connectivity index (χ2n) is 4.44. The maximum absolute atomic E-state index is 12.8. The molecule has 106 valence electrons. The number of hydrogen-bond acceptors (Lipinski definition) is 3. The van der Waals surface area contributed by atoms with Crippen molar-refractivity contribution in [1.82, 2.24) is 9.38 Å². The number of carboxylic acids is 1. The van der Waals surface area contributed by atoms with Gasteiger partial charge in [-0.05, 0) is 36.4 Å². The standard InChI is InChI=1S/C15H11FN2O3/c16-11-1-3-13(4-2-11)21-9-12-8-17-14-7-10(15(19)20)5-6-18(12)14/h1-8H,9H2,(H,19,20). The molecule has 3 aromatic rings. The number of ether oxygens (including phenoxy) is 1. The Labute approximate surface area is 119 Å². The Kier molecular flexibility index (Phi) is 3.27. The maximum Gasteiger partial charge on any atom is 0.335 e. The van der Waals surface area contributed by atoms with E-state index in [-0.39, 0.29) is 18.0 Å². The number of aromatic carboxylic acids is 1. The molecular formula is C15H11FN2O3. The fourth-order valence-electron chi connectivity index (χ4n) is 1.96. The molecule has 0 spiro atoms. The highest BCUT2D eigenvalue weighted by atomic mass is 19.1. The van der Waals surface area contributed by atoms with E-state index in [2.05, 4.69) is 4.98 Å². The quantitative estimate of drug-likeness (QED) is 0.801. The SMILES string of the molecule is O=C(O)c1ccn2c(COc3ccc(F)cc3)cnc2c1. The Morgan fingerprint density at radius 2 is 2.05 bits per heavy atom. The Morgan fingerprint density at radius 1 is 1.29 bits per heavy atom. The molecule has 0 atom stereocenters. The largest absolute Gasteiger partial charge is 0.487 e. The summed E-state index contributed by atoms with van der Waals surface area (Å²) in [6.45, 7) is 0.249. The minimum Gasteiger partial charge on any atom is -0.487 e. The smallest absolute Gasteiger partial charge is 0.335 e. The Bertz CT molecular complexity index is 796. The second kappa shape index (κ2) is 5.24. The van der Waals surface area contributed by atoms with E-state index in [0.717, 1.165) is 5.69 Å². The summed E-state index contributed by atoms with van der Waals surface area (Å²) in [5.41, 5.74) is 1.48. The van der Waals surface area contributed by atoms with Crippen molar-refractivity contribution in [1.29, 1.82) is 0 Å². The van der Waals surface area contributed by atoms with Crippen LogP contribution < -0.4 is 4.74 Å². The predicted molar refractivity (Wildman–Crippen MR) is 72.9 cm³/mol. The first-order chi connectivity index (χ1) is 10.1. The normalized spacial score (nSPS) is 10.7. The lowest BCUT2D eigenvalue weighted by Gasteiger charge is -2.06. The Hall–Kier alpha value is -2.89. The lowest BCUT2D eigenvalue weighted by molar-refractivity contribution is 0.0697. The summed E-state index contributed by atoms with van der Waals surface area (Å²) in [4.78, 5) is 15.0. The summed E-state index contributed by atoms with van der Waals surface area (Å²) in [6.07, 6.45) is 3.25. The molecule has 6 heteroatoms. The predicted octanol–water partition coefficient (Wildman–Crippen LogP) is 2.75. The molecule has 5 nitrogen and oxygen atoms in total. The van der Waals surface area contributed by atoms with Crippen LogP contribution in [0.1, 0.15) is 16.1 Å². The molecule has 2 aromatic heterocycles. The summed E-state index contributed by atoms with van der Waals surface area (Å²) in [5.74, 6) is -0.767. The van der Waals surface area contributed by atoms with E-state index in [9.17, 15) is 9.18 Å². The first-order valence-corrected chi connectivity index (χ1v) is 6.21. The van der Waals surface area contributed by atoms with E-state index in [1.807, 2.05) is 0 Å². The van der Waals surface area contributed by atoms with Crippen molar-refractivity contribution in [3.05, 3.63) is 65.9 Å². The van der Waals surface area contributed by atoms with Crippen LogP contribution in [0.3, 0.4) is 0 Å². The number of nitrogens with zero attached hydrogens (tertiary/aromatic N) is 2. The number of imidazole rings is 1. The molecule has 0 radical (unpaired) electrons.